The number of carbonyl (C=O) groups excluding carboxylic acids is 1. The monoisotopic (exact) mass is 475 g/mol. The van der Waals surface area contributed by atoms with Crippen LogP contribution in [0.1, 0.15) is 16.0 Å². The summed E-state index contributed by atoms with van der Waals surface area (Å²) in [4.78, 5) is 19.2. The molecule has 0 spiro atoms. The Morgan fingerprint density at radius 3 is 2.77 bits per heavy atom. The van der Waals surface area contributed by atoms with Gasteiger partial charge < -0.3 is 15.0 Å². The molecule has 4 rings (SSSR count). The molecule has 3 heterocycles. The maximum absolute atomic E-state index is 14.3. The van der Waals surface area contributed by atoms with E-state index in [2.05, 4.69) is 10.3 Å². The van der Waals surface area contributed by atoms with E-state index in [0.29, 0.717) is 19.4 Å². The lowest BCUT2D eigenvalue weighted by Crippen LogP contribution is -2.26. The Morgan fingerprint density at radius 1 is 1.26 bits per heavy atom. The minimum absolute atomic E-state index is 0.0647. The number of thiazole rings is 1. The topological polar surface area (TPSA) is 54.5 Å². The molecule has 0 fully saturated rings. The highest BCUT2D eigenvalue weighted by molar-refractivity contribution is 7.14. The third kappa shape index (κ3) is 4.27. The number of halogens is 5. The fourth-order valence-corrected chi connectivity index (χ4v) is 4.99. The Balaban J connectivity index is 1.51. The third-order valence-corrected chi connectivity index (χ3v) is 6.40. The minimum atomic E-state index is -5.19. The molecule has 1 amide bonds. The zero-order valence-electron chi connectivity index (χ0n) is 15.8. The number of rotatable bonds is 4. The van der Waals surface area contributed by atoms with Crippen molar-refractivity contribution in [1.29, 1.82) is 0 Å². The zero-order valence-corrected chi connectivity index (χ0v) is 17.5. The molecule has 2 aromatic heterocycles. The maximum atomic E-state index is 14.3. The van der Waals surface area contributed by atoms with Crippen molar-refractivity contribution in [3.63, 3.8) is 0 Å². The van der Waals surface area contributed by atoms with Crippen molar-refractivity contribution < 1.29 is 31.5 Å². The molecule has 164 valence electrons. The number of hydrogen-bond donors (Lipinski definition) is 1. The lowest BCUT2D eigenvalue weighted by atomic mass is 10.1. The van der Waals surface area contributed by atoms with Crippen molar-refractivity contribution in [2.75, 3.05) is 24.0 Å². The van der Waals surface area contributed by atoms with Crippen LogP contribution in [0.3, 0.4) is 0 Å². The van der Waals surface area contributed by atoms with E-state index in [1.807, 2.05) is 17.3 Å². The second kappa shape index (κ2) is 8.17. The molecule has 5 nitrogen and oxygen atoms in total. The summed E-state index contributed by atoms with van der Waals surface area (Å²) in [7, 11) is 1.88. The normalized spacial score (nSPS) is 13.9. The smallest absolute Gasteiger partial charge is 0.356 e. The van der Waals surface area contributed by atoms with Gasteiger partial charge in [0.2, 0.25) is 5.91 Å². The van der Waals surface area contributed by atoms with Crippen molar-refractivity contribution in [1.82, 2.24) is 4.98 Å². The van der Waals surface area contributed by atoms with Crippen LogP contribution in [0, 0.1) is 11.6 Å². The van der Waals surface area contributed by atoms with Gasteiger partial charge in [0.05, 0.1) is 24.4 Å². The SMILES string of the molecule is CN1COCc2c1csc2CC(=O)Nc1nc(-c2ccc(F)c(C(F)(F)F)c2F)cs1. The molecule has 0 saturated carbocycles. The molecule has 0 atom stereocenters. The number of thiophene rings is 1. The summed E-state index contributed by atoms with van der Waals surface area (Å²) >= 11 is 2.35. The molecule has 1 aliphatic heterocycles. The van der Waals surface area contributed by atoms with Gasteiger partial charge in [-0.1, -0.05) is 0 Å². The molecule has 1 N–H and O–H groups in total. The van der Waals surface area contributed by atoms with Crippen LogP contribution in [0.15, 0.2) is 22.9 Å². The van der Waals surface area contributed by atoms with E-state index < -0.39 is 28.9 Å². The van der Waals surface area contributed by atoms with Crippen molar-refractivity contribution in [2.45, 2.75) is 19.2 Å². The first-order chi connectivity index (χ1) is 14.6. The Morgan fingerprint density at radius 2 is 2.03 bits per heavy atom. The number of hydrogen-bond acceptors (Lipinski definition) is 6. The van der Waals surface area contributed by atoms with Crippen molar-refractivity contribution >= 4 is 39.4 Å². The van der Waals surface area contributed by atoms with Crippen LogP contribution in [-0.4, -0.2) is 24.7 Å². The molecule has 0 radical (unpaired) electrons. The van der Waals surface area contributed by atoms with E-state index in [0.717, 1.165) is 33.5 Å². The largest absolute Gasteiger partial charge is 0.422 e. The predicted octanol–water partition coefficient (Wildman–Crippen LogP) is 5.27. The molecule has 0 saturated heterocycles. The molecular weight excluding hydrogens is 461 g/mol. The number of amides is 1. The maximum Gasteiger partial charge on any atom is 0.422 e. The van der Waals surface area contributed by atoms with Gasteiger partial charge in [-0.15, -0.1) is 22.7 Å². The Bertz CT molecular complexity index is 1140. The molecule has 3 aromatic rings. The Hall–Kier alpha value is -2.57. The Labute approximate surface area is 181 Å². The second-order valence-corrected chi connectivity index (χ2v) is 8.57. The standard InChI is InChI=1S/C19H14F5N3O2S2/c1-27-8-29-5-10-13(27)7-30-14(10)4-15(28)26-18-25-12(6-31-18)9-2-3-11(20)16(17(9)21)19(22,23)24/h2-3,6-7H,4-5,8H2,1H3,(H,25,26,28). The first-order valence-corrected chi connectivity index (χ1v) is 10.6. The van der Waals surface area contributed by atoms with Gasteiger partial charge in [0.15, 0.2) is 5.13 Å². The molecule has 31 heavy (non-hydrogen) atoms. The fourth-order valence-electron chi connectivity index (χ4n) is 3.16. The van der Waals surface area contributed by atoms with Crippen LogP contribution < -0.4 is 10.2 Å². The molecule has 0 bridgehead atoms. The fraction of sp³-hybridized carbons (Fsp3) is 0.263. The highest BCUT2D eigenvalue weighted by atomic mass is 32.1. The van der Waals surface area contributed by atoms with E-state index in [1.165, 1.54) is 16.7 Å². The lowest BCUT2D eigenvalue weighted by Gasteiger charge is -2.25. The number of carbonyl (C=O) groups is 1. The van der Waals surface area contributed by atoms with E-state index in [1.54, 1.807) is 0 Å². The lowest BCUT2D eigenvalue weighted by molar-refractivity contribution is -0.142. The number of aromatic nitrogens is 1. The summed E-state index contributed by atoms with van der Waals surface area (Å²) in [6.07, 6.45) is -5.12. The second-order valence-electron chi connectivity index (χ2n) is 6.74. The molecule has 1 aliphatic rings. The molecule has 12 heteroatoms. The van der Waals surface area contributed by atoms with Gasteiger partial charge in [0.1, 0.15) is 23.9 Å². The van der Waals surface area contributed by atoms with E-state index >= 15 is 0 Å². The zero-order chi connectivity index (χ0) is 22.3. The number of benzene rings is 1. The number of fused-ring (bicyclic) bond motifs is 1. The van der Waals surface area contributed by atoms with Gasteiger partial charge in [-0.2, -0.15) is 13.2 Å². The van der Waals surface area contributed by atoms with Gasteiger partial charge in [-0.05, 0) is 12.1 Å². The summed E-state index contributed by atoms with van der Waals surface area (Å²) in [5.41, 5.74) is -0.673. The molecule has 0 aliphatic carbocycles. The summed E-state index contributed by atoms with van der Waals surface area (Å²) < 4.78 is 72.1. The third-order valence-electron chi connectivity index (χ3n) is 4.62. The Kier molecular flexibility index (Phi) is 5.71. The van der Waals surface area contributed by atoms with Crippen LogP contribution in [0.25, 0.3) is 11.3 Å². The highest BCUT2D eigenvalue weighted by Crippen LogP contribution is 2.38. The average Bonchev–Trinajstić information content (AvgIpc) is 3.29. The van der Waals surface area contributed by atoms with Crippen molar-refractivity contribution in [2.24, 2.45) is 0 Å². The van der Waals surface area contributed by atoms with E-state index in [4.69, 9.17) is 4.74 Å². The van der Waals surface area contributed by atoms with Crippen LogP contribution >= 0.6 is 22.7 Å². The number of anilines is 2. The summed E-state index contributed by atoms with van der Waals surface area (Å²) in [5.74, 6) is -3.83. The first-order valence-electron chi connectivity index (χ1n) is 8.84. The van der Waals surface area contributed by atoms with Crippen LogP contribution in [0.2, 0.25) is 0 Å². The van der Waals surface area contributed by atoms with Crippen LogP contribution in [-0.2, 0) is 28.7 Å². The number of alkyl halides is 3. The molecular formula is C19H14F5N3O2S2. The van der Waals surface area contributed by atoms with E-state index in [-0.39, 0.29) is 23.2 Å². The number of ether oxygens (including phenoxy) is 1. The van der Waals surface area contributed by atoms with Crippen LogP contribution in [0.5, 0.6) is 0 Å². The van der Waals surface area contributed by atoms with Gasteiger partial charge in [-0.3, -0.25) is 4.79 Å². The van der Waals surface area contributed by atoms with Crippen molar-refractivity contribution in [3.05, 3.63) is 50.5 Å². The average molecular weight is 475 g/mol. The summed E-state index contributed by atoms with van der Waals surface area (Å²) in [5, 5.41) is 5.90. The first kappa shape index (κ1) is 21.7. The van der Waals surface area contributed by atoms with Gasteiger partial charge >= 0.3 is 6.18 Å². The summed E-state index contributed by atoms with van der Waals surface area (Å²) in [6, 6.07) is 1.42. The number of nitrogens with one attached hydrogen (secondary N) is 1. The molecule has 1 aromatic carbocycles. The minimum Gasteiger partial charge on any atom is -0.356 e. The van der Waals surface area contributed by atoms with Gasteiger partial charge in [0.25, 0.3) is 0 Å². The van der Waals surface area contributed by atoms with Gasteiger partial charge in [-0.25, -0.2) is 13.8 Å². The quantitative estimate of drug-likeness (QED) is 0.522. The van der Waals surface area contributed by atoms with E-state index in [9.17, 15) is 26.7 Å². The number of nitrogens with zero attached hydrogens (tertiary/aromatic N) is 2. The highest BCUT2D eigenvalue weighted by Gasteiger charge is 2.39. The van der Waals surface area contributed by atoms with Gasteiger partial charge in [0, 0.05) is 33.8 Å². The summed E-state index contributed by atoms with van der Waals surface area (Å²) in [6.45, 7) is 0.867. The van der Waals surface area contributed by atoms with Crippen molar-refractivity contribution in [3.8, 4) is 11.3 Å². The predicted molar refractivity (Wildman–Crippen MR) is 107 cm³/mol. The van der Waals surface area contributed by atoms with Crippen LogP contribution in [0.4, 0.5) is 32.8 Å². The molecule has 0 unspecified atom stereocenters.